The molecule has 0 fully saturated rings. The number of hydrogen-bond acceptors (Lipinski definition) is 0. The van der Waals surface area contributed by atoms with Crippen LogP contribution in [0.25, 0.3) is 43.8 Å². The standard InChI is InChI=1S/2C16H13.2CH3.Zr/c2*1-12-10-14-8-5-9-15(16(14)11-12)13-6-3-2-4-7-13;;;/h2*2-11H,1H3;2*1H3;/q4*-1;+4. The Morgan fingerprint density at radius 1 is 0.457 bits per heavy atom. The molecule has 0 bridgehead atoms. The van der Waals surface area contributed by atoms with Gasteiger partial charge in [0.05, 0.1) is 0 Å². The topological polar surface area (TPSA) is 0 Å². The first-order valence-electron chi connectivity index (χ1n) is 11.1. The van der Waals surface area contributed by atoms with Gasteiger partial charge in [-0.2, -0.15) is 12.1 Å². The van der Waals surface area contributed by atoms with E-state index in [0.717, 1.165) is 0 Å². The third kappa shape index (κ3) is 6.16. The Balaban J connectivity index is 0.000000227. The molecule has 0 unspecified atom stereocenters. The monoisotopic (exact) mass is 530 g/mol. The fourth-order valence-corrected chi connectivity index (χ4v) is 4.51. The van der Waals surface area contributed by atoms with Gasteiger partial charge in [0.2, 0.25) is 0 Å². The average molecular weight is 532 g/mol. The van der Waals surface area contributed by atoms with Crippen LogP contribution in [0, 0.1) is 28.7 Å². The Hall–Kier alpha value is -3.02. The SMILES string of the molecule is Cc1cc2c(-c3ccccc3)cccc2[cH-]1.Cc1cc2c(-c3ccccc3)cccc2[cH-]1.[CH3-].[CH3-].[Zr+4]. The van der Waals surface area contributed by atoms with Gasteiger partial charge >= 0.3 is 26.2 Å². The minimum atomic E-state index is 0. The number of hydrogen-bond donors (Lipinski definition) is 0. The number of rotatable bonds is 2. The molecule has 6 aromatic carbocycles. The van der Waals surface area contributed by atoms with E-state index in [0.29, 0.717) is 0 Å². The van der Waals surface area contributed by atoms with E-state index in [1.54, 1.807) is 0 Å². The molecule has 35 heavy (non-hydrogen) atoms. The van der Waals surface area contributed by atoms with E-state index in [1.807, 2.05) is 0 Å². The van der Waals surface area contributed by atoms with Crippen molar-refractivity contribution in [3.63, 3.8) is 0 Å². The molecule has 1 heteroatoms. The molecule has 6 aromatic rings. The zero-order chi connectivity index (χ0) is 21.9. The normalized spacial score (nSPS) is 9.89. The molecule has 0 atom stereocenters. The molecular formula is C34H32Zr. The second-order valence-electron chi connectivity index (χ2n) is 8.41. The minimum absolute atomic E-state index is 0. The summed E-state index contributed by atoms with van der Waals surface area (Å²) in [5.74, 6) is 0. The van der Waals surface area contributed by atoms with Gasteiger partial charge in [-0.15, -0.1) is 69.1 Å². The molecule has 0 saturated carbocycles. The van der Waals surface area contributed by atoms with Gasteiger partial charge in [-0.25, -0.2) is 0 Å². The van der Waals surface area contributed by atoms with Gasteiger partial charge in [0.25, 0.3) is 0 Å². The van der Waals surface area contributed by atoms with Gasteiger partial charge in [-0.3, -0.25) is 0 Å². The molecule has 0 aliphatic carbocycles. The summed E-state index contributed by atoms with van der Waals surface area (Å²) in [7, 11) is 0. The van der Waals surface area contributed by atoms with Gasteiger partial charge in [-0.05, 0) is 11.1 Å². The molecule has 172 valence electrons. The van der Waals surface area contributed by atoms with Crippen molar-refractivity contribution in [2.24, 2.45) is 0 Å². The van der Waals surface area contributed by atoms with Gasteiger partial charge in [-0.1, -0.05) is 97.8 Å². The molecule has 0 amide bonds. The molecule has 0 aliphatic rings. The first-order chi connectivity index (χ1) is 15.7. The smallest absolute Gasteiger partial charge is 0.358 e. The van der Waals surface area contributed by atoms with Crippen LogP contribution in [-0.4, -0.2) is 0 Å². The third-order valence-corrected chi connectivity index (χ3v) is 5.96. The van der Waals surface area contributed by atoms with E-state index in [-0.39, 0.29) is 41.1 Å². The second kappa shape index (κ2) is 12.6. The summed E-state index contributed by atoms with van der Waals surface area (Å²) in [5, 5.41) is 5.37. The molecule has 6 rings (SSSR count). The van der Waals surface area contributed by atoms with Gasteiger partial charge in [0, 0.05) is 0 Å². The zero-order valence-corrected chi connectivity index (χ0v) is 23.5. The Morgan fingerprint density at radius 2 is 0.829 bits per heavy atom. The quantitative estimate of drug-likeness (QED) is 0.195. The summed E-state index contributed by atoms with van der Waals surface area (Å²) in [6, 6.07) is 43.1. The van der Waals surface area contributed by atoms with Crippen LogP contribution in [0.4, 0.5) is 0 Å². The molecule has 0 radical (unpaired) electrons. The van der Waals surface area contributed by atoms with Crippen LogP contribution >= 0.6 is 0 Å². The first kappa shape index (κ1) is 28.2. The fraction of sp³-hybridized carbons (Fsp3) is 0.0588. The van der Waals surface area contributed by atoms with Crippen molar-refractivity contribution in [2.45, 2.75) is 13.8 Å². The molecule has 0 nitrogen and oxygen atoms in total. The largest absolute Gasteiger partial charge is 4.00 e. The van der Waals surface area contributed by atoms with Gasteiger partial charge in [0.15, 0.2) is 0 Å². The number of fused-ring (bicyclic) bond motifs is 2. The number of aryl methyl sites for hydroxylation is 2. The van der Waals surface area contributed by atoms with E-state index in [4.69, 9.17) is 0 Å². The van der Waals surface area contributed by atoms with Crippen molar-refractivity contribution in [3.8, 4) is 22.3 Å². The maximum Gasteiger partial charge on any atom is 4.00 e. The minimum Gasteiger partial charge on any atom is -0.358 e. The fourth-order valence-electron chi connectivity index (χ4n) is 4.51. The third-order valence-electron chi connectivity index (χ3n) is 5.96. The van der Waals surface area contributed by atoms with Crippen molar-refractivity contribution < 1.29 is 26.2 Å². The summed E-state index contributed by atoms with van der Waals surface area (Å²) in [5.41, 5.74) is 7.89. The van der Waals surface area contributed by atoms with Crippen molar-refractivity contribution in [1.29, 1.82) is 0 Å². The Bertz CT molecular complexity index is 1350. The van der Waals surface area contributed by atoms with E-state index in [1.165, 1.54) is 54.9 Å². The molecule has 0 spiro atoms. The predicted octanol–water partition coefficient (Wildman–Crippen LogP) is 9.97. The van der Waals surface area contributed by atoms with Gasteiger partial charge < -0.3 is 14.9 Å². The summed E-state index contributed by atoms with van der Waals surface area (Å²) >= 11 is 0. The second-order valence-corrected chi connectivity index (χ2v) is 8.41. The Labute approximate surface area is 230 Å². The first-order valence-corrected chi connectivity index (χ1v) is 11.1. The van der Waals surface area contributed by atoms with Crippen molar-refractivity contribution in [3.05, 3.63) is 147 Å². The summed E-state index contributed by atoms with van der Waals surface area (Å²) in [6.07, 6.45) is 0. The molecule has 0 aromatic heterocycles. The summed E-state index contributed by atoms with van der Waals surface area (Å²) < 4.78 is 0. The molecule has 0 heterocycles. The predicted molar refractivity (Wildman–Crippen MR) is 152 cm³/mol. The Morgan fingerprint density at radius 3 is 1.20 bits per heavy atom. The zero-order valence-electron chi connectivity index (χ0n) is 21.0. The Kier molecular flexibility index (Phi) is 10.2. The molecule has 0 saturated heterocycles. The molecule has 0 aliphatic heterocycles. The van der Waals surface area contributed by atoms with E-state index < -0.39 is 0 Å². The van der Waals surface area contributed by atoms with Crippen LogP contribution in [-0.2, 0) is 26.2 Å². The maximum atomic E-state index is 2.26. The van der Waals surface area contributed by atoms with E-state index >= 15 is 0 Å². The van der Waals surface area contributed by atoms with Crippen LogP contribution < -0.4 is 0 Å². The molecular weight excluding hydrogens is 500 g/mol. The summed E-state index contributed by atoms with van der Waals surface area (Å²) in [6.45, 7) is 4.30. The van der Waals surface area contributed by atoms with Gasteiger partial charge in [0.1, 0.15) is 0 Å². The van der Waals surface area contributed by atoms with E-state index in [9.17, 15) is 0 Å². The van der Waals surface area contributed by atoms with Crippen LogP contribution in [0.5, 0.6) is 0 Å². The van der Waals surface area contributed by atoms with E-state index in [2.05, 4.69) is 135 Å². The maximum absolute atomic E-state index is 2.26. The van der Waals surface area contributed by atoms with Crippen molar-refractivity contribution >= 4 is 21.5 Å². The van der Waals surface area contributed by atoms with Crippen LogP contribution in [0.1, 0.15) is 11.1 Å². The van der Waals surface area contributed by atoms with Crippen molar-refractivity contribution in [2.75, 3.05) is 0 Å². The number of benzene rings is 4. The van der Waals surface area contributed by atoms with Crippen LogP contribution in [0.3, 0.4) is 0 Å². The van der Waals surface area contributed by atoms with Crippen LogP contribution in [0.15, 0.2) is 121 Å². The van der Waals surface area contributed by atoms with Crippen LogP contribution in [0.2, 0.25) is 0 Å². The average Bonchev–Trinajstić information content (AvgIpc) is 3.41. The summed E-state index contributed by atoms with van der Waals surface area (Å²) in [4.78, 5) is 0. The molecule has 0 N–H and O–H groups in total. The van der Waals surface area contributed by atoms with Crippen molar-refractivity contribution in [1.82, 2.24) is 0 Å².